The summed E-state index contributed by atoms with van der Waals surface area (Å²) in [5, 5.41) is 2.92. The van der Waals surface area contributed by atoms with Gasteiger partial charge in [0.1, 0.15) is 0 Å². The maximum Gasteiger partial charge on any atom is 0.223 e. The lowest BCUT2D eigenvalue weighted by Crippen LogP contribution is -2.45. The molecule has 19 heavy (non-hydrogen) atoms. The number of ketones is 1. The molecule has 1 amide bonds. The third kappa shape index (κ3) is 5.33. The molecule has 0 aromatic rings. The number of rotatable bonds is 6. The minimum Gasteiger partial charge on any atom is -0.346 e. The van der Waals surface area contributed by atoms with Gasteiger partial charge in [-0.1, -0.05) is 52.9 Å². The van der Waals surface area contributed by atoms with E-state index in [2.05, 4.69) is 5.32 Å². The van der Waals surface area contributed by atoms with Crippen LogP contribution in [0.15, 0.2) is 0 Å². The monoisotopic (exact) mass is 267 g/mol. The Morgan fingerprint density at radius 3 is 2.16 bits per heavy atom. The largest absolute Gasteiger partial charge is 0.346 e. The van der Waals surface area contributed by atoms with E-state index >= 15 is 0 Å². The molecule has 3 heteroatoms. The average Bonchev–Trinajstić information content (AvgIpc) is 2.35. The number of Topliss-reactive ketones (excluding diaryl/α,β-unsaturated/α-hetero) is 1. The van der Waals surface area contributed by atoms with Crippen LogP contribution in [0.3, 0.4) is 0 Å². The van der Waals surface area contributed by atoms with Crippen LogP contribution >= 0.6 is 0 Å². The summed E-state index contributed by atoms with van der Waals surface area (Å²) in [5.41, 5.74) is 0. The zero-order chi connectivity index (χ0) is 14.4. The van der Waals surface area contributed by atoms with Crippen LogP contribution < -0.4 is 5.32 Å². The predicted octanol–water partition coefficient (Wildman–Crippen LogP) is 3.32. The van der Waals surface area contributed by atoms with Gasteiger partial charge in [-0.25, -0.2) is 0 Å². The number of carbonyl (C=O) groups excluding carboxylic acids is 2. The van der Waals surface area contributed by atoms with Gasteiger partial charge in [0.15, 0.2) is 5.78 Å². The fraction of sp³-hybridized carbons (Fsp3) is 0.875. The lowest BCUT2D eigenvalue weighted by atomic mass is 9.83. The molecular formula is C16H29NO2. The van der Waals surface area contributed by atoms with Gasteiger partial charge >= 0.3 is 0 Å². The summed E-state index contributed by atoms with van der Waals surface area (Å²) in [5.74, 6) is 0.962. The molecule has 1 N–H and O–H groups in total. The van der Waals surface area contributed by atoms with Crippen LogP contribution in [0.1, 0.15) is 66.2 Å². The maximum atomic E-state index is 12.2. The van der Waals surface area contributed by atoms with Gasteiger partial charge in [-0.3, -0.25) is 9.59 Å². The van der Waals surface area contributed by atoms with Gasteiger partial charge in [-0.05, 0) is 25.2 Å². The minimum absolute atomic E-state index is 0.0173. The van der Waals surface area contributed by atoms with Crippen LogP contribution in [-0.2, 0) is 9.59 Å². The van der Waals surface area contributed by atoms with Crippen molar-refractivity contribution in [2.24, 2.45) is 17.8 Å². The first kappa shape index (κ1) is 16.2. The fourth-order valence-electron chi connectivity index (χ4n) is 3.06. The van der Waals surface area contributed by atoms with Crippen LogP contribution in [0.5, 0.6) is 0 Å². The SMILES string of the molecule is CC(=O)[C@@H](NC(=O)[C@@H](C)CC1CCCCC1)C(C)C. The average molecular weight is 267 g/mol. The highest BCUT2D eigenvalue weighted by molar-refractivity contribution is 5.88. The van der Waals surface area contributed by atoms with Crippen LogP contribution in [0.25, 0.3) is 0 Å². The van der Waals surface area contributed by atoms with Crippen LogP contribution in [0.2, 0.25) is 0 Å². The lowest BCUT2D eigenvalue weighted by Gasteiger charge is -2.26. The number of nitrogens with one attached hydrogen (secondary N) is 1. The van der Waals surface area contributed by atoms with E-state index in [1.807, 2.05) is 20.8 Å². The Bertz CT molecular complexity index is 306. The second kappa shape index (κ2) is 7.66. The van der Waals surface area contributed by atoms with E-state index in [0.717, 1.165) is 6.42 Å². The minimum atomic E-state index is -0.332. The summed E-state index contributed by atoms with van der Waals surface area (Å²) < 4.78 is 0. The second-order valence-electron chi connectivity index (χ2n) is 6.48. The molecule has 0 heterocycles. The highest BCUT2D eigenvalue weighted by Crippen LogP contribution is 2.29. The summed E-state index contributed by atoms with van der Waals surface area (Å²) in [7, 11) is 0. The van der Waals surface area contributed by atoms with E-state index in [1.165, 1.54) is 32.1 Å². The topological polar surface area (TPSA) is 46.2 Å². The summed E-state index contributed by atoms with van der Waals surface area (Å²) in [6, 6.07) is -0.332. The number of carbonyl (C=O) groups is 2. The molecule has 0 saturated heterocycles. The first-order valence-electron chi connectivity index (χ1n) is 7.72. The molecule has 0 bridgehead atoms. The normalized spacial score (nSPS) is 20.1. The van der Waals surface area contributed by atoms with E-state index in [4.69, 9.17) is 0 Å². The zero-order valence-corrected chi connectivity index (χ0v) is 12.9. The zero-order valence-electron chi connectivity index (χ0n) is 12.9. The van der Waals surface area contributed by atoms with Crippen molar-refractivity contribution in [1.29, 1.82) is 0 Å². The van der Waals surface area contributed by atoms with Crippen molar-refractivity contribution in [3.05, 3.63) is 0 Å². The predicted molar refractivity (Wildman–Crippen MR) is 77.8 cm³/mol. The molecule has 1 rings (SSSR count). The Kier molecular flexibility index (Phi) is 6.53. The van der Waals surface area contributed by atoms with Crippen molar-refractivity contribution in [2.75, 3.05) is 0 Å². The molecule has 1 fully saturated rings. The molecule has 0 radical (unpaired) electrons. The van der Waals surface area contributed by atoms with Gasteiger partial charge < -0.3 is 5.32 Å². The molecule has 1 aliphatic carbocycles. The van der Waals surface area contributed by atoms with Crippen LogP contribution in [-0.4, -0.2) is 17.7 Å². The molecule has 0 spiro atoms. The van der Waals surface area contributed by atoms with Crippen molar-refractivity contribution >= 4 is 11.7 Å². The molecule has 0 aromatic carbocycles. The van der Waals surface area contributed by atoms with E-state index in [9.17, 15) is 9.59 Å². The number of hydrogen-bond donors (Lipinski definition) is 1. The Labute approximate surface area is 117 Å². The van der Waals surface area contributed by atoms with Crippen molar-refractivity contribution in [3.63, 3.8) is 0 Å². The highest BCUT2D eigenvalue weighted by atomic mass is 16.2. The molecular weight excluding hydrogens is 238 g/mol. The molecule has 1 aliphatic rings. The van der Waals surface area contributed by atoms with Crippen molar-refractivity contribution in [2.45, 2.75) is 72.3 Å². The van der Waals surface area contributed by atoms with Gasteiger partial charge in [0.05, 0.1) is 6.04 Å². The van der Waals surface area contributed by atoms with Gasteiger partial charge in [-0.15, -0.1) is 0 Å². The molecule has 0 aliphatic heterocycles. The van der Waals surface area contributed by atoms with Gasteiger partial charge in [0.2, 0.25) is 5.91 Å². The quantitative estimate of drug-likeness (QED) is 0.802. The summed E-state index contributed by atoms with van der Waals surface area (Å²) in [6.45, 7) is 7.48. The van der Waals surface area contributed by atoms with E-state index in [-0.39, 0.29) is 29.6 Å². The van der Waals surface area contributed by atoms with Crippen LogP contribution in [0, 0.1) is 17.8 Å². The summed E-state index contributed by atoms with van der Waals surface area (Å²) in [4.78, 5) is 23.7. The van der Waals surface area contributed by atoms with Crippen molar-refractivity contribution in [3.8, 4) is 0 Å². The maximum absolute atomic E-state index is 12.2. The first-order valence-corrected chi connectivity index (χ1v) is 7.72. The third-order valence-electron chi connectivity index (χ3n) is 4.26. The van der Waals surface area contributed by atoms with Gasteiger partial charge in [0.25, 0.3) is 0 Å². The molecule has 1 saturated carbocycles. The molecule has 0 unspecified atom stereocenters. The standard InChI is InChI=1S/C16H29NO2/c1-11(2)15(13(4)18)17-16(19)12(3)10-14-8-6-5-7-9-14/h11-12,14-15H,5-10H2,1-4H3,(H,17,19)/t12-,15-/m0/s1. The van der Waals surface area contributed by atoms with Crippen molar-refractivity contribution < 1.29 is 9.59 Å². The Morgan fingerprint density at radius 2 is 1.68 bits per heavy atom. The van der Waals surface area contributed by atoms with E-state index in [0.29, 0.717) is 5.92 Å². The molecule has 2 atom stereocenters. The van der Waals surface area contributed by atoms with E-state index < -0.39 is 0 Å². The van der Waals surface area contributed by atoms with Crippen LogP contribution in [0.4, 0.5) is 0 Å². The summed E-state index contributed by atoms with van der Waals surface area (Å²) in [6.07, 6.45) is 7.45. The first-order chi connectivity index (χ1) is 8.91. The lowest BCUT2D eigenvalue weighted by molar-refractivity contribution is -0.130. The second-order valence-corrected chi connectivity index (χ2v) is 6.48. The summed E-state index contributed by atoms with van der Waals surface area (Å²) >= 11 is 0. The Balaban J connectivity index is 2.44. The van der Waals surface area contributed by atoms with E-state index in [1.54, 1.807) is 6.92 Å². The Hall–Kier alpha value is -0.860. The molecule has 3 nitrogen and oxygen atoms in total. The number of amides is 1. The smallest absolute Gasteiger partial charge is 0.223 e. The molecule has 110 valence electrons. The van der Waals surface area contributed by atoms with Gasteiger partial charge in [-0.2, -0.15) is 0 Å². The van der Waals surface area contributed by atoms with Crippen molar-refractivity contribution in [1.82, 2.24) is 5.32 Å². The fourth-order valence-corrected chi connectivity index (χ4v) is 3.06. The Morgan fingerprint density at radius 1 is 1.11 bits per heavy atom. The van der Waals surface area contributed by atoms with Gasteiger partial charge in [0, 0.05) is 5.92 Å². The third-order valence-corrected chi connectivity index (χ3v) is 4.26. The molecule has 0 aromatic heterocycles. The number of hydrogen-bond acceptors (Lipinski definition) is 2. The highest BCUT2D eigenvalue weighted by Gasteiger charge is 2.25.